The third kappa shape index (κ3) is 4.02. The Bertz CT molecular complexity index is 541. The molecule has 0 aliphatic rings. The summed E-state index contributed by atoms with van der Waals surface area (Å²) in [5.74, 6) is 1.06. The Balaban J connectivity index is 2.25. The molecule has 0 saturated heterocycles. The Morgan fingerprint density at radius 2 is 1.90 bits per heavy atom. The minimum absolute atomic E-state index is 0.296. The molecule has 0 radical (unpaired) electrons. The van der Waals surface area contributed by atoms with Gasteiger partial charge in [-0.15, -0.1) is 0 Å². The van der Waals surface area contributed by atoms with Crippen LogP contribution in [0.4, 0.5) is 5.82 Å². The van der Waals surface area contributed by atoms with Crippen molar-refractivity contribution in [2.45, 2.75) is 33.4 Å². The standard InChI is InChI=1S/C17H24N4/c1-4-19-14(3)16-7-6-10-20-17(16)21(5-2)13-15-8-11-18-12-9-15/h6-12,14,19H,4-5,13H2,1-3H3. The van der Waals surface area contributed by atoms with Gasteiger partial charge in [-0.1, -0.05) is 13.0 Å². The molecule has 2 rings (SSSR count). The molecule has 4 heteroatoms. The highest BCUT2D eigenvalue weighted by Crippen LogP contribution is 2.24. The van der Waals surface area contributed by atoms with Gasteiger partial charge in [-0.05, 0) is 44.2 Å². The normalized spacial score (nSPS) is 12.1. The first kappa shape index (κ1) is 15.4. The van der Waals surface area contributed by atoms with E-state index in [0.29, 0.717) is 6.04 Å². The molecule has 0 bridgehead atoms. The second kappa shape index (κ2) is 7.74. The largest absolute Gasteiger partial charge is 0.352 e. The lowest BCUT2D eigenvalue weighted by Gasteiger charge is -2.26. The number of nitrogens with zero attached hydrogens (tertiary/aromatic N) is 3. The Hall–Kier alpha value is -1.94. The quantitative estimate of drug-likeness (QED) is 0.848. The molecule has 0 spiro atoms. The molecular weight excluding hydrogens is 260 g/mol. The van der Waals surface area contributed by atoms with Gasteiger partial charge in [0.25, 0.3) is 0 Å². The van der Waals surface area contributed by atoms with Gasteiger partial charge in [0.2, 0.25) is 0 Å². The molecular formula is C17H24N4. The summed E-state index contributed by atoms with van der Waals surface area (Å²) in [4.78, 5) is 11.0. The monoisotopic (exact) mass is 284 g/mol. The minimum Gasteiger partial charge on any atom is -0.352 e. The molecule has 0 aliphatic carbocycles. The third-order valence-electron chi connectivity index (χ3n) is 3.60. The zero-order valence-electron chi connectivity index (χ0n) is 13.1. The second-order valence-corrected chi connectivity index (χ2v) is 5.07. The molecule has 1 N–H and O–H groups in total. The van der Waals surface area contributed by atoms with E-state index in [-0.39, 0.29) is 0 Å². The van der Waals surface area contributed by atoms with Gasteiger partial charge in [0.15, 0.2) is 0 Å². The van der Waals surface area contributed by atoms with Crippen molar-refractivity contribution in [2.24, 2.45) is 0 Å². The average molecular weight is 284 g/mol. The summed E-state index contributed by atoms with van der Waals surface area (Å²) in [7, 11) is 0. The van der Waals surface area contributed by atoms with E-state index in [2.05, 4.69) is 59.2 Å². The molecule has 0 amide bonds. The summed E-state index contributed by atoms with van der Waals surface area (Å²) in [5, 5.41) is 3.47. The van der Waals surface area contributed by atoms with Crippen LogP contribution in [-0.4, -0.2) is 23.1 Å². The van der Waals surface area contributed by atoms with Crippen LogP contribution in [0.3, 0.4) is 0 Å². The van der Waals surface area contributed by atoms with Crippen LogP contribution in [0.2, 0.25) is 0 Å². The first-order valence-electron chi connectivity index (χ1n) is 7.58. The lowest BCUT2D eigenvalue weighted by molar-refractivity contribution is 0.593. The van der Waals surface area contributed by atoms with Crippen LogP contribution in [0.5, 0.6) is 0 Å². The molecule has 0 fully saturated rings. The van der Waals surface area contributed by atoms with Crippen LogP contribution in [0.15, 0.2) is 42.9 Å². The second-order valence-electron chi connectivity index (χ2n) is 5.07. The summed E-state index contributed by atoms with van der Waals surface area (Å²) in [6.45, 7) is 9.20. The van der Waals surface area contributed by atoms with Gasteiger partial charge in [0, 0.05) is 43.3 Å². The Kier molecular flexibility index (Phi) is 5.69. The zero-order valence-corrected chi connectivity index (χ0v) is 13.1. The number of rotatable bonds is 7. The number of hydrogen-bond acceptors (Lipinski definition) is 4. The molecule has 4 nitrogen and oxygen atoms in total. The van der Waals surface area contributed by atoms with E-state index >= 15 is 0 Å². The maximum atomic E-state index is 4.62. The van der Waals surface area contributed by atoms with Crippen molar-refractivity contribution >= 4 is 5.82 Å². The maximum Gasteiger partial charge on any atom is 0.133 e. The lowest BCUT2D eigenvalue weighted by Crippen LogP contribution is -2.27. The Labute approximate surface area is 127 Å². The fourth-order valence-corrected chi connectivity index (χ4v) is 2.47. The van der Waals surface area contributed by atoms with Crippen LogP contribution >= 0.6 is 0 Å². The average Bonchev–Trinajstić information content (AvgIpc) is 2.54. The van der Waals surface area contributed by atoms with E-state index in [1.807, 2.05) is 24.7 Å². The van der Waals surface area contributed by atoms with Crippen molar-refractivity contribution in [3.8, 4) is 0 Å². The zero-order chi connectivity index (χ0) is 15.1. The number of hydrogen-bond donors (Lipinski definition) is 1. The first-order valence-corrected chi connectivity index (χ1v) is 7.58. The first-order chi connectivity index (χ1) is 10.3. The maximum absolute atomic E-state index is 4.62. The van der Waals surface area contributed by atoms with Gasteiger partial charge in [0.05, 0.1) is 0 Å². The van der Waals surface area contributed by atoms with Gasteiger partial charge in [-0.3, -0.25) is 4.98 Å². The van der Waals surface area contributed by atoms with Gasteiger partial charge in [0.1, 0.15) is 5.82 Å². The number of aromatic nitrogens is 2. The van der Waals surface area contributed by atoms with E-state index in [9.17, 15) is 0 Å². The van der Waals surface area contributed by atoms with E-state index in [1.54, 1.807) is 0 Å². The molecule has 21 heavy (non-hydrogen) atoms. The van der Waals surface area contributed by atoms with Crippen LogP contribution in [0, 0.1) is 0 Å². The van der Waals surface area contributed by atoms with E-state index in [1.165, 1.54) is 11.1 Å². The molecule has 0 aliphatic heterocycles. The molecule has 112 valence electrons. The van der Waals surface area contributed by atoms with Crippen molar-refractivity contribution in [1.29, 1.82) is 0 Å². The predicted molar refractivity (Wildman–Crippen MR) is 87.3 cm³/mol. The Morgan fingerprint density at radius 3 is 2.57 bits per heavy atom. The molecule has 2 aromatic heterocycles. The van der Waals surface area contributed by atoms with Crippen molar-refractivity contribution in [1.82, 2.24) is 15.3 Å². The number of anilines is 1. The summed E-state index contributed by atoms with van der Waals surface area (Å²) < 4.78 is 0. The lowest BCUT2D eigenvalue weighted by atomic mass is 10.1. The highest BCUT2D eigenvalue weighted by atomic mass is 15.2. The topological polar surface area (TPSA) is 41.1 Å². The highest BCUT2D eigenvalue weighted by Gasteiger charge is 2.15. The molecule has 1 atom stereocenters. The summed E-state index contributed by atoms with van der Waals surface area (Å²) in [6.07, 6.45) is 5.54. The van der Waals surface area contributed by atoms with Gasteiger partial charge < -0.3 is 10.2 Å². The Morgan fingerprint density at radius 1 is 1.14 bits per heavy atom. The van der Waals surface area contributed by atoms with Gasteiger partial charge in [-0.2, -0.15) is 0 Å². The van der Waals surface area contributed by atoms with Gasteiger partial charge >= 0.3 is 0 Å². The number of pyridine rings is 2. The molecule has 1 unspecified atom stereocenters. The molecule has 0 aromatic carbocycles. The van der Waals surface area contributed by atoms with Crippen LogP contribution in [0.1, 0.15) is 37.9 Å². The van der Waals surface area contributed by atoms with E-state index in [4.69, 9.17) is 0 Å². The van der Waals surface area contributed by atoms with Crippen LogP contribution in [-0.2, 0) is 6.54 Å². The van der Waals surface area contributed by atoms with Crippen molar-refractivity contribution < 1.29 is 0 Å². The fourth-order valence-electron chi connectivity index (χ4n) is 2.47. The van der Waals surface area contributed by atoms with Crippen molar-refractivity contribution in [3.05, 3.63) is 54.0 Å². The third-order valence-corrected chi connectivity index (χ3v) is 3.60. The van der Waals surface area contributed by atoms with Crippen molar-refractivity contribution in [3.63, 3.8) is 0 Å². The smallest absolute Gasteiger partial charge is 0.133 e. The predicted octanol–water partition coefficient (Wildman–Crippen LogP) is 3.17. The van der Waals surface area contributed by atoms with Crippen LogP contribution < -0.4 is 10.2 Å². The summed E-state index contributed by atoms with van der Waals surface area (Å²) >= 11 is 0. The van der Waals surface area contributed by atoms with E-state index < -0.39 is 0 Å². The summed E-state index contributed by atoms with van der Waals surface area (Å²) in [6, 6.07) is 8.57. The highest BCUT2D eigenvalue weighted by molar-refractivity contribution is 5.48. The van der Waals surface area contributed by atoms with Crippen molar-refractivity contribution in [2.75, 3.05) is 18.0 Å². The SMILES string of the molecule is CCNC(C)c1cccnc1N(CC)Cc1ccncc1. The molecule has 2 heterocycles. The van der Waals surface area contributed by atoms with Crippen LogP contribution in [0.25, 0.3) is 0 Å². The van der Waals surface area contributed by atoms with E-state index in [0.717, 1.165) is 25.5 Å². The molecule has 2 aromatic rings. The minimum atomic E-state index is 0.296. The van der Waals surface area contributed by atoms with Gasteiger partial charge in [-0.25, -0.2) is 4.98 Å². The number of nitrogens with one attached hydrogen (secondary N) is 1. The molecule has 0 saturated carbocycles. The fraction of sp³-hybridized carbons (Fsp3) is 0.412. The summed E-state index contributed by atoms with van der Waals surface area (Å²) in [5.41, 5.74) is 2.50.